The highest BCUT2D eigenvalue weighted by Crippen LogP contribution is 2.37. The van der Waals surface area contributed by atoms with Crippen molar-refractivity contribution < 1.29 is 4.74 Å². The number of halogens is 1. The van der Waals surface area contributed by atoms with Gasteiger partial charge in [0.25, 0.3) is 0 Å². The van der Waals surface area contributed by atoms with Crippen molar-refractivity contribution in [3.05, 3.63) is 22.7 Å². The second-order valence-electron chi connectivity index (χ2n) is 4.89. The molecule has 0 radical (unpaired) electrons. The molecule has 0 amide bonds. The van der Waals surface area contributed by atoms with Crippen LogP contribution < -0.4 is 5.73 Å². The van der Waals surface area contributed by atoms with Gasteiger partial charge >= 0.3 is 0 Å². The Kier molecular flexibility index (Phi) is 3.71. The number of anilines is 1. The third kappa shape index (κ3) is 2.43. The van der Waals surface area contributed by atoms with E-state index < -0.39 is 0 Å². The first-order valence-electron chi connectivity index (χ1n) is 6.64. The molecule has 7 heteroatoms. The van der Waals surface area contributed by atoms with Gasteiger partial charge in [-0.15, -0.1) is 5.10 Å². The lowest BCUT2D eigenvalue weighted by atomic mass is 9.89. The van der Waals surface area contributed by atoms with Crippen LogP contribution in [-0.2, 0) is 4.74 Å². The third-order valence-corrected chi connectivity index (χ3v) is 4.23. The summed E-state index contributed by atoms with van der Waals surface area (Å²) in [5, 5.41) is 12.1. The van der Waals surface area contributed by atoms with Gasteiger partial charge in [0.2, 0.25) is 0 Å². The van der Waals surface area contributed by atoms with Crippen molar-refractivity contribution in [2.24, 2.45) is 0 Å². The van der Waals surface area contributed by atoms with Crippen LogP contribution in [0.3, 0.4) is 0 Å². The molecule has 1 saturated carbocycles. The molecule has 0 aliphatic heterocycles. The summed E-state index contributed by atoms with van der Waals surface area (Å²) in [5.74, 6) is 0.740. The normalized spacial score (nSPS) is 21.7. The summed E-state index contributed by atoms with van der Waals surface area (Å²) in [6.07, 6.45) is 2.23. The molecule has 2 N–H and O–H groups in total. The van der Waals surface area contributed by atoms with Crippen LogP contribution in [0.25, 0.3) is 11.4 Å². The van der Waals surface area contributed by atoms with Gasteiger partial charge in [0.05, 0.1) is 12.1 Å². The van der Waals surface area contributed by atoms with Crippen LogP contribution in [0.15, 0.2) is 22.7 Å². The minimum atomic E-state index is 0.296. The molecule has 1 aromatic heterocycles. The quantitative estimate of drug-likeness (QED) is 0.866. The Morgan fingerprint density at radius 1 is 1.45 bits per heavy atom. The summed E-state index contributed by atoms with van der Waals surface area (Å²) < 4.78 is 8.39. The number of benzene rings is 1. The zero-order valence-corrected chi connectivity index (χ0v) is 12.7. The standard InChI is InChI=1S/C13H16BrN5O/c1-2-20-10-6-9(7-10)19-13(16-17-18-19)11-5-8(15)3-4-12(11)14/h3-5,9-10H,2,6-7,15H2,1H3. The lowest BCUT2D eigenvalue weighted by Crippen LogP contribution is -2.34. The van der Waals surface area contributed by atoms with Crippen LogP contribution in [0.4, 0.5) is 5.69 Å². The maximum Gasteiger partial charge on any atom is 0.183 e. The van der Waals surface area contributed by atoms with Crippen LogP contribution in [0.1, 0.15) is 25.8 Å². The monoisotopic (exact) mass is 337 g/mol. The second kappa shape index (κ2) is 5.49. The molecular weight excluding hydrogens is 322 g/mol. The number of nitrogens with zero attached hydrogens (tertiary/aromatic N) is 4. The summed E-state index contributed by atoms with van der Waals surface area (Å²) in [6.45, 7) is 2.76. The Balaban J connectivity index is 1.86. The molecule has 20 heavy (non-hydrogen) atoms. The molecule has 0 bridgehead atoms. The zero-order chi connectivity index (χ0) is 14.1. The highest BCUT2D eigenvalue weighted by Gasteiger charge is 2.34. The molecular formula is C13H16BrN5O. The zero-order valence-electron chi connectivity index (χ0n) is 11.2. The highest BCUT2D eigenvalue weighted by molar-refractivity contribution is 9.10. The SMILES string of the molecule is CCOC1CC(n2nnnc2-c2cc(N)ccc2Br)C1. The van der Waals surface area contributed by atoms with Gasteiger partial charge in [0.15, 0.2) is 5.82 Å². The van der Waals surface area contributed by atoms with Crippen molar-refractivity contribution >= 4 is 21.6 Å². The van der Waals surface area contributed by atoms with Crippen molar-refractivity contribution in [1.29, 1.82) is 0 Å². The molecule has 0 saturated heterocycles. The fraction of sp³-hybridized carbons (Fsp3) is 0.462. The maximum atomic E-state index is 5.85. The summed E-state index contributed by atoms with van der Waals surface area (Å²) in [7, 11) is 0. The second-order valence-corrected chi connectivity index (χ2v) is 5.74. The Morgan fingerprint density at radius 3 is 3.00 bits per heavy atom. The van der Waals surface area contributed by atoms with Crippen molar-refractivity contribution in [1.82, 2.24) is 20.2 Å². The van der Waals surface area contributed by atoms with Crippen molar-refractivity contribution in [2.75, 3.05) is 12.3 Å². The first kappa shape index (κ1) is 13.5. The van der Waals surface area contributed by atoms with E-state index in [4.69, 9.17) is 10.5 Å². The molecule has 3 rings (SSSR count). The fourth-order valence-electron chi connectivity index (χ4n) is 2.44. The van der Waals surface area contributed by atoms with Gasteiger partial charge in [-0.05, 0) is 48.4 Å². The minimum absolute atomic E-state index is 0.296. The summed E-state index contributed by atoms with van der Waals surface area (Å²) in [6, 6.07) is 5.93. The van der Waals surface area contributed by atoms with E-state index in [1.807, 2.05) is 29.8 Å². The molecule has 1 fully saturated rings. The van der Waals surface area contributed by atoms with E-state index in [9.17, 15) is 0 Å². The predicted molar refractivity (Wildman–Crippen MR) is 79.1 cm³/mol. The predicted octanol–water partition coefficient (Wildman–Crippen LogP) is 2.42. The van der Waals surface area contributed by atoms with Crippen molar-refractivity contribution in [3.8, 4) is 11.4 Å². The molecule has 1 aliphatic rings. The topological polar surface area (TPSA) is 78.8 Å². The number of nitrogens with two attached hydrogens (primary N) is 1. The number of nitrogen functional groups attached to an aromatic ring is 1. The largest absolute Gasteiger partial charge is 0.399 e. The minimum Gasteiger partial charge on any atom is -0.399 e. The molecule has 1 aromatic carbocycles. The Morgan fingerprint density at radius 2 is 2.25 bits per heavy atom. The summed E-state index contributed by atoms with van der Waals surface area (Å²) >= 11 is 3.52. The van der Waals surface area contributed by atoms with E-state index in [0.717, 1.165) is 35.3 Å². The van der Waals surface area contributed by atoms with Crippen LogP contribution in [0, 0.1) is 0 Å². The summed E-state index contributed by atoms with van der Waals surface area (Å²) in [4.78, 5) is 0. The summed E-state index contributed by atoms with van der Waals surface area (Å²) in [5.41, 5.74) is 7.45. The maximum absolute atomic E-state index is 5.85. The average molecular weight is 338 g/mol. The molecule has 0 unspecified atom stereocenters. The van der Waals surface area contributed by atoms with Gasteiger partial charge in [0.1, 0.15) is 0 Å². The van der Waals surface area contributed by atoms with Gasteiger partial charge in [-0.1, -0.05) is 15.9 Å². The van der Waals surface area contributed by atoms with E-state index in [-0.39, 0.29) is 0 Å². The highest BCUT2D eigenvalue weighted by atomic mass is 79.9. The van der Waals surface area contributed by atoms with Gasteiger partial charge in [0, 0.05) is 22.3 Å². The average Bonchev–Trinajstić information content (AvgIpc) is 2.85. The number of aromatic nitrogens is 4. The van der Waals surface area contributed by atoms with Crippen LogP contribution >= 0.6 is 15.9 Å². The number of ether oxygens (including phenoxy) is 1. The first-order valence-corrected chi connectivity index (χ1v) is 7.43. The fourth-order valence-corrected chi connectivity index (χ4v) is 2.86. The van der Waals surface area contributed by atoms with E-state index in [0.29, 0.717) is 17.8 Å². The molecule has 6 nitrogen and oxygen atoms in total. The van der Waals surface area contributed by atoms with E-state index in [2.05, 4.69) is 31.5 Å². The number of tetrazole rings is 1. The molecule has 2 aromatic rings. The lowest BCUT2D eigenvalue weighted by Gasteiger charge is -2.34. The lowest BCUT2D eigenvalue weighted by molar-refractivity contribution is -0.0227. The van der Waals surface area contributed by atoms with Gasteiger partial charge in [-0.3, -0.25) is 0 Å². The van der Waals surface area contributed by atoms with Crippen LogP contribution in [0.5, 0.6) is 0 Å². The van der Waals surface area contributed by atoms with E-state index in [1.54, 1.807) is 0 Å². The Hall–Kier alpha value is -1.47. The number of hydrogen-bond acceptors (Lipinski definition) is 5. The Labute approximate surface area is 125 Å². The van der Waals surface area contributed by atoms with Gasteiger partial charge in [-0.25, -0.2) is 4.68 Å². The molecule has 0 spiro atoms. The van der Waals surface area contributed by atoms with E-state index in [1.165, 1.54) is 0 Å². The molecule has 106 valence electrons. The number of hydrogen-bond donors (Lipinski definition) is 1. The Bertz CT molecular complexity index is 609. The molecule has 0 atom stereocenters. The molecule has 1 heterocycles. The third-order valence-electron chi connectivity index (χ3n) is 3.54. The van der Waals surface area contributed by atoms with Gasteiger partial charge < -0.3 is 10.5 Å². The molecule has 1 aliphatic carbocycles. The number of rotatable bonds is 4. The van der Waals surface area contributed by atoms with Crippen LogP contribution in [0.2, 0.25) is 0 Å². The van der Waals surface area contributed by atoms with Crippen LogP contribution in [-0.4, -0.2) is 32.9 Å². The van der Waals surface area contributed by atoms with Crippen molar-refractivity contribution in [2.45, 2.75) is 31.9 Å². The smallest absolute Gasteiger partial charge is 0.183 e. The van der Waals surface area contributed by atoms with Crippen molar-refractivity contribution in [3.63, 3.8) is 0 Å². The first-order chi connectivity index (χ1) is 9.69. The van der Waals surface area contributed by atoms with Gasteiger partial charge in [-0.2, -0.15) is 0 Å². The van der Waals surface area contributed by atoms with E-state index >= 15 is 0 Å².